The van der Waals surface area contributed by atoms with E-state index in [4.69, 9.17) is 0 Å². The molecule has 0 aliphatic rings. The van der Waals surface area contributed by atoms with E-state index < -0.39 is 0 Å². The van der Waals surface area contributed by atoms with Crippen molar-refractivity contribution in [2.75, 3.05) is 26.0 Å². The SMILES string of the molecule is CCc1cnc(NC(=O)C(C)c2cccc(-c3cnc4c(c3)cc(C)n4C(=O)C=CCN(C)C)c2)s1. The molecule has 0 spiro atoms. The first-order valence-electron chi connectivity index (χ1n) is 12.0. The van der Waals surface area contributed by atoms with Crippen LogP contribution in [-0.2, 0) is 11.2 Å². The molecule has 36 heavy (non-hydrogen) atoms. The Bertz CT molecular complexity index is 1430. The van der Waals surface area contributed by atoms with Crippen LogP contribution in [0, 0.1) is 6.92 Å². The number of carbonyl (C=O) groups is 2. The van der Waals surface area contributed by atoms with Gasteiger partial charge in [-0.25, -0.2) is 9.97 Å². The summed E-state index contributed by atoms with van der Waals surface area (Å²) < 4.78 is 1.64. The minimum Gasteiger partial charge on any atom is -0.306 e. The fourth-order valence-electron chi connectivity index (χ4n) is 3.98. The van der Waals surface area contributed by atoms with Crippen molar-refractivity contribution < 1.29 is 9.59 Å². The fraction of sp³-hybridized carbons (Fsp3) is 0.286. The topological polar surface area (TPSA) is 80.1 Å². The van der Waals surface area contributed by atoms with Crippen LogP contribution in [-0.4, -0.2) is 51.9 Å². The lowest BCUT2D eigenvalue weighted by Crippen LogP contribution is -2.18. The van der Waals surface area contributed by atoms with Crippen LogP contribution in [0.5, 0.6) is 0 Å². The molecular weight excluding hydrogens is 470 g/mol. The van der Waals surface area contributed by atoms with Crippen LogP contribution in [0.2, 0.25) is 0 Å². The standard InChI is InChI=1S/C28H31N5O2S/c1-6-24-17-30-28(36-24)31-27(35)19(3)20-9-7-10-21(14-20)23-15-22-13-18(2)33(26(22)29-16-23)25(34)11-8-12-32(4)5/h7-11,13-17,19H,6,12H2,1-5H3,(H,30,31,35). The third kappa shape index (κ3) is 5.61. The van der Waals surface area contributed by atoms with Gasteiger partial charge in [0.25, 0.3) is 5.91 Å². The third-order valence-corrected chi connectivity index (χ3v) is 7.08. The summed E-state index contributed by atoms with van der Waals surface area (Å²) in [5, 5.41) is 4.45. The Morgan fingerprint density at radius 1 is 1.14 bits per heavy atom. The van der Waals surface area contributed by atoms with Crippen molar-refractivity contribution in [2.24, 2.45) is 0 Å². The molecule has 0 fully saturated rings. The van der Waals surface area contributed by atoms with E-state index in [1.165, 1.54) is 11.3 Å². The van der Waals surface area contributed by atoms with Crippen molar-refractivity contribution in [3.63, 3.8) is 0 Å². The summed E-state index contributed by atoms with van der Waals surface area (Å²) in [5.74, 6) is -0.547. The van der Waals surface area contributed by atoms with E-state index in [-0.39, 0.29) is 17.7 Å². The molecule has 0 aliphatic heterocycles. The van der Waals surface area contributed by atoms with Gasteiger partial charge in [0, 0.05) is 46.5 Å². The van der Waals surface area contributed by atoms with Gasteiger partial charge in [-0.3, -0.25) is 14.2 Å². The number of amides is 1. The van der Waals surface area contributed by atoms with Gasteiger partial charge in [0.05, 0.1) is 5.92 Å². The summed E-state index contributed by atoms with van der Waals surface area (Å²) in [6.07, 6.45) is 7.92. The highest BCUT2D eigenvalue weighted by molar-refractivity contribution is 7.15. The average Bonchev–Trinajstić information content (AvgIpc) is 3.45. The molecule has 0 radical (unpaired) electrons. The maximum atomic E-state index is 12.8. The van der Waals surface area contributed by atoms with Gasteiger partial charge < -0.3 is 10.2 Å². The number of hydrogen-bond donors (Lipinski definition) is 1. The van der Waals surface area contributed by atoms with Crippen molar-refractivity contribution in [1.29, 1.82) is 0 Å². The molecule has 1 aromatic carbocycles. The Hall–Kier alpha value is -3.62. The van der Waals surface area contributed by atoms with Gasteiger partial charge in [-0.2, -0.15) is 0 Å². The van der Waals surface area contributed by atoms with Crippen molar-refractivity contribution in [2.45, 2.75) is 33.1 Å². The predicted molar refractivity (Wildman–Crippen MR) is 147 cm³/mol. The number of likely N-dealkylation sites (N-methyl/N-ethyl adjacent to an activating group) is 1. The summed E-state index contributed by atoms with van der Waals surface area (Å²) in [4.78, 5) is 37.7. The highest BCUT2D eigenvalue weighted by atomic mass is 32.1. The highest BCUT2D eigenvalue weighted by Gasteiger charge is 2.18. The number of aromatic nitrogens is 3. The predicted octanol–water partition coefficient (Wildman–Crippen LogP) is 5.53. The number of aryl methyl sites for hydroxylation is 2. The summed E-state index contributed by atoms with van der Waals surface area (Å²) >= 11 is 1.50. The van der Waals surface area contributed by atoms with Gasteiger partial charge in [-0.05, 0) is 57.6 Å². The van der Waals surface area contributed by atoms with Crippen molar-refractivity contribution in [3.05, 3.63) is 77.1 Å². The summed E-state index contributed by atoms with van der Waals surface area (Å²) in [5.41, 5.74) is 4.27. The molecule has 0 aliphatic carbocycles. The van der Waals surface area contributed by atoms with Crippen molar-refractivity contribution in [1.82, 2.24) is 19.4 Å². The molecular formula is C28H31N5O2S. The smallest absolute Gasteiger partial charge is 0.256 e. The lowest BCUT2D eigenvalue weighted by molar-refractivity contribution is -0.117. The highest BCUT2D eigenvalue weighted by Crippen LogP contribution is 2.28. The number of nitrogens with zero attached hydrogens (tertiary/aromatic N) is 4. The monoisotopic (exact) mass is 501 g/mol. The summed E-state index contributed by atoms with van der Waals surface area (Å²) in [7, 11) is 3.92. The zero-order chi connectivity index (χ0) is 25.8. The second kappa shape index (κ2) is 11.0. The van der Waals surface area contributed by atoms with E-state index in [9.17, 15) is 9.59 Å². The Balaban J connectivity index is 1.56. The molecule has 1 N–H and O–H groups in total. The molecule has 8 heteroatoms. The molecule has 0 saturated carbocycles. The van der Waals surface area contributed by atoms with E-state index in [0.717, 1.165) is 39.1 Å². The zero-order valence-corrected chi connectivity index (χ0v) is 22.1. The molecule has 1 amide bonds. The lowest BCUT2D eigenvalue weighted by atomic mass is 9.96. The first-order valence-corrected chi connectivity index (χ1v) is 12.8. The molecule has 1 unspecified atom stereocenters. The van der Waals surface area contributed by atoms with Gasteiger partial charge >= 0.3 is 0 Å². The normalized spacial score (nSPS) is 12.5. The number of anilines is 1. The number of hydrogen-bond acceptors (Lipinski definition) is 6. The molecule has 3 heterocycles. The van der Waals surface area contributed by atoms with E-state index in [1.807, 2.05) is 75.3 Å². The fourth-order valence-corrected chi connectivity index (χ4v) is 4.74. The molecule has 0 bridgehead atoms. The quantitative estimate of drug-likeness (QED) is 0.321. The lowest BCUT2D eigenvalue weighted by Gasteiger charge is -2.13. The van der Waals surface area contributed by atoms with Crippen LogP contribution >= 0.6 is 11.3 Å². The van der Waals surface area contributed by atoms with Gasteiger partial charge in [0.2, 0.25) is 5.91 Å². The van der Waals surface area contributed by atoms with E-state index in [1.54, 1.807) is 23.0 Å². The largest absolute Gasteiger partial charge is 0.306 e. The summed E-state index contributed by atoms with van der Waals surface area (Å²) in [6.45, 7) is 6.56. The van der Waals surface area contributed by atoms with E-state index in [0.29, 0.717) is 17.3 Å². The minimum absolute atomic E-state index is 0.0914. The minimum atomic E-state index is -0.342. The number of allylic oxidation sites excluding steroid dienone is 1. The van der Waals surface area contributed by atoms with E-state index in [2.05, 4.69) is 22.2 Å². The van der Waals surface area contributed by atoms with Gasteiger partial charge in [0.15, 0.2) is 5.13 Å². The second-order valence-corrected chi connectivity index (χ2v) is 10.2. The summed E-state index contributed by atoms with van der Waals surface area (Å²) in [6, 6.07) is 11.9. The Kier molecular flexibility index (Phi) is 7.76. The van der Waals surface area contributed by atoms with Crippen LogP contribution in [0.3, 0.4) is 0 Å². The molecule has 0 saturated heterocycles. The van der Waals surface area contributed by atoms with Crippen molar-refractivity contribution in [3.8, 4) is 11.1 Å². The average molecular weight is 502 g/mol. The number of fused-ring (bicyclic) bond motifs is 1. The van der Waals surface area contributed by atoms with Crippen LogP contribution < -0.4 is 5.32 Å². The van der Waals surface area contributed by atoms with Crippen LogP contribution in [0.15, 0.2) is 60.9 Å². The number of carbonyl (C=O) groups excluding carboxylic acids is 2. The van der Waals surface area contributed by atoms with Crippen molar-refractivity contribution >= 4 is 39.3 Å². The first kappa shape index (κ1) is 25.5. The van der Waals surface area contributed by atoms with Crippen LogP contribution in [0.25, 0.3) is 22.2 Å². The molecule has 7 nitrogen and oxygen atoms in total. The molecule has 3 aromatic heterocycles. The van der Waals surface area contributed by atoms with Gasteiger partial charge in [0.1, 0.15) is 5.65 Å². The van der Waals surface area contributed by atoms with Gasteiger partial charge in [-0.1, -0.05) is 37.3 Å². The van der Waals surface area contributed by atoms with Crippen LogP contribution in [0.4, 0.5) is 5.13 Å². The molecule has 186 valence electrons. The maximum absolute atomic E-state index is 12.8. The first-order chi connectivity index (χ1) is 17.3. The maximum Gasteiger partial charge on any atom is 0.256 e. The Labute approximate surface area is 215 Å². The third-order valence-electron chi connectivity index (χ3n) is 6.02. The Morgan fingerprint density at radius 2 is 1.94 bits per heavy atom. The number of benzene rings is 1. The number of nitrogens with one attached hydrogen (secondary N) is 1. The number of rotatable bonds is 8. The number of thiazole rings is 1. The van der Waals surface area contributed by atoms with Gasteiger partial charge in [-0.15, -0.1) is 11.3 Å². The zero-order valence-electron chi connectivity index (χ0n) is 21.3. The molecule has 4 aromatic rings. The Morgan fingerprint density at radius 3 is 2.67 bits per heavy atom. The van der Waals surface area contributed by atoms with E-state index >= 15 is 0 Å². The molecule has 1 atom stereocenters. The number of pyridine rings is 1. The second-order valence-electron chi connectivity index (χ2n) is 9.08. The molecule has 4 rings (SSSR count). The van der Waals surface area contributed by atoms with Crippen LogP contribution in [0.1, 0.15) is 40.7 Å².